The fraction of sp³-hybridized carbons (Fsp3) is 0.0714. The number of benzene rings is 2. The van der Waals surface area contributed by atoms with Crippen LogP contribution < -0.4 is 0 Å². The summed E-state index contributed by atoms with van der Waals surface area (Å²) in [6, 6.07) is 14.0. The van der Waals surface area contributed by atoms with Crippen LogP contribution in [0.4, 0.5) is 4.39 Å². The van der Waals surface area contributed by atoms with E-state index in [1.165, 1.54) is 6.07 Å². The fourth-order valence-corrected chi connectivity index (χ4v) is 1.66. The highest BCUT2D eigenvalue weighted by Gasteiger charge is 2.08. The molecule has 0 aliphatic heterocycles. The monoisotopic (exact) mass is 211 g/mol. The van der Waals surface area contributed by atoms with Crippen LogP contribution in [-0.2, 0) is 0 Å². The molecule has 2 aromatic carbocycles. The summed E-state index contributed by atoms with van der Waals surface area (Å²) in [5.41, 5.74) is 2.60. The van der Waals surface area contributed by atoms with Crippen LogP contribution in [0.3, 0.4) is 0 Å². The third kappa shape index (κ3) is 1.80. The SMILES string of the molecule is Cc1ccc(F)c(-c2ccccc2C#N)c1. The Labute approximate surface area is 93.8 Å². The molecule has 2 rings (SSSR count). The predicted molar refractivity (Wildman–Crippen MR) is 61.3 cm³/mol. The molecule has 0 radical (unpaired) electrons. The molecule has 0 bridgehead atoms. The van der Waals surface area contributed by atoms with Gasteiger partial charge in [-0.15, -0.1) is 0 Å². The van der Waals surface area contributed by atoms with Crippen molar-refractivity contribution in [2.24, 2.45) is 0 Å². The Kier molecular flexibility index (Phi) is 2.70. The van der Waals surface area contributed by atoms with E-state index in [2.05, 4.69) is 6.07 Å². The Bertz CT molecular complexity index is 567. The lowest BCUT2D eigenvalue weighted by atomic mass is 9.98. The number of aryl methyl sites for hydroxylation is 1. The van der Waals surface area contributed by atoms with Crippen molar-refractivity contribution >= 4 is 0 Å². The minimum absolute atomic E-state index is 0.298. The second-order valence-corrected chi connectivity index (χ2v) is 3.64. The van der Waals surface area contributed by atoms with Crippen LogP contribution in [0.5, 0.6) is 0 Å². The summed E-state index contributed by atoms with van der Waals surface area (Å²) in [5.74, 6) is -0.298. The highest BCUT2D eigenvalue weighted by atomic mass is 19.1. The first kappa shape index (κ1) is 10.4. The van der Waals surface area contributed by atoms with Crippen molar-refractivity contribution in [2.75, 3.05) is 0 Å². The van der Waals surface area contributed by atoms with E-state index in [4.69, 9.17) is 5.26 Å². The summed E-state index contributed by atoms with van der Waals surface area (Å²) in [6.45, 7) is 1.90. The lowest BCUT2D eigenvalue weighted by Gasteiger charge is -2.06. The minimum Gasteiger partial charge on any atom is -0.206 e. The molecule has 2 aromatic rings. The number of halogens is 1. The zero-order valence-electron chi connectivity index (χ0n) is 8.87. The summed E-state index contributed by atoms with van der Waals surface area (Å²) in [6.07, 6.45) is 0. The molecule has 0 atom stereocenters. The van der Waals surface area contributed by atoms with Gasteiger partial charge in [-0.25, -0.2) is 4.39 Å². The Morgan fingerprint density at radius 3 is 2.56 bits per heavy atom. The van der Waals surface area contributed by atoms with Crippen LogP contribution in [0.25, 0.3) is 11.1 Å². The van der Waals surface area contributed by atoms with Crippen LogP contribution in [0.15, 0.2) is 42.5 Å². The molecule has 0 fully saturated rings. The van der Waals surface area contributed by atoms with Gasteiger partial charge in [0.25, 0.3) is 0 Å². The first-order chi connectivity index (χ1) is 7.72. The maximum Gasteiger partial charge on any atom is 0.131 e. The normalized spacial score (nSPS) is 9.81. The molecule has 0 aliphatic carbocycles. The van der Waals surface area contributed by atoms with E-state index in [9.17, 15) is 4.39 Å². The topological polar surface area (TPSA) is 23.8 Å². The van der Waals surface area contributed by atoms with E-state index < -0.39 is 0 Å². The van der Waals surface area contributed by atoms with Crippen molar-refractivity contribution in [3.8, 4) is 17.2 Å². The second-order valence-electron chi connectivity index (χ2n) is 3.64. The molecule has 0 aromatic heterocycles. The van der Waals surface area contributed by atoms with E-state index in [0.717, 1.165) is 5.56 Å². The van der Waals surface area contributed by atoms with Crippen LogP contribution in [0.1, 0.15) is 11.1 Å². The molecule has 16 heavy (non-hydrogen) atoms. The van der Waals surface area contributed by atoms with Gasteiger partial charge in [-0.05, 0) is 25.1 Å². The third-order valence-corrected chi connectivity index (χ3v) is 2.46. The summed E-state index contributed by atoms with van der Waals surface area (Å²) in [5, 5.41) is 8.97. The maximum atomic E-state index is 13.7. The summed E-state index contributed by atoms with van der Waals surface area (Å²) in [7, 11) is 0. The predicted octanol–water partition coefficient (Wildman–Crippen LogP) is 3.67. The van der Waals surface area contributed by atoms with Gasteiger partial charge in [-0.3, -0.25) is 0 Å². The van der Waals surface area contributed by atoms with Crippen molar-refractivity contribution in [2.45, 2.75) is 6.92 Å². The average molecular weight is 211 g/mol. The molecule has 0 saturated heterocycles. The quantitative estimate of drug-likeness (QED) is 0.706. The lowest BCUT2D eigenvalue weighted by molar-refractivity contribution is 0.631. The molecule has 0 saturated carbocycles. The molecule has 78 valence electrons. The van der Waals surface area contributed by atoms with Gasteiger partial charge in [0, 0.05) is 11.1 Å². The van der Waals surface area contributed by atoms with E-state index in [-0.39, 0.29) is 5.82 Å². The Morgan fingerprint density at radius 1 is 1.06 bits per heavy atom. The maximum absolute atomic E-state index is 13.7. The Hall–Kier alpha value is -2.14. The van der Waals surface area contributed by atoms with Crippen molar-refractivity contribution < 1.29 is 4.39 Å². The van der Waals surface area contributed by atoms with Gasteiger partial charge in [0.1, 0.15) is 5.82 Å². The standard InChI is InChI=1S/C14H10FN/c1-10-6-7-14(15)13(8-10)12-5-3-2-4-11(12)9-16/h2-8H,1H3. The number of hydrogen-bond donors (Lipinski definition) is 0. The van der Waals surface area contributed by atoms with Crippen LogP contribution in [-0.4, -0.2) is 0 Å². The van der Waals surface area contributed by atoms with Crippen LogP contribution >= 0.6 is 0 Å². The van der Waals surface area contributed by atoms with Gasteiger partial charge in [0.2, 0.25) is 0 Å². The smallest absolute Gasteiger partial charge is 0.131 e. The zero-order chi connectivity index (χ0) is 11.5. The van der Waals surface area contributed by atoms with Gasteiger partial charge in [-0.1, -0.05) is 29.8 Å². The van der Waals surface area contributed by atoms with Gasteiger partial charge in [0.05, 0.1) is 11.6 Å². The summed E-state index contributed by atoms with van der Waals surface area (Å²) < 4.78 is 13.7. The highest BCUT2D eigenvalue weighted by molar-refractivity contribution is 5.71. The molecular formula is C14H10FN. The van der Waals surface area contributed by atoms with Crippen molar-refractivity contribution in [1.82, 2.24) is 0 Å². The molecule has 2 heteroatoms. The zero-order valence-corrected chi connectivity index (χ0v) is 8.87. The average Bonchev–Trinajstić information content (AvgIpc) is 2.32. The fourth-order valence-electron chi connectivity index (χ4n) is 1.66. The van der Waals surface area contributed by atoms with E-state index in [1.807, 2.05) is 6.92 Å². The first-order valence-corrected chi connectivity index (χ1v) is 4.98. The van der Waals surface area contributed by atoms with Gasteiger partial charge in [0.15, 0.2) is 0 Å². The molecule has 0 aliphatic rings. The number of nitrogens with zero attached hydrogens (tertiary/aromatic N) is 1. The minimum atomic E-state index is -0.298. The number of nitriles is 1. The largest absolute Gasteiger partial charge is 0.206 e. The summed E-state index contributed by atoms with van der Waals surface area (Å²) in [4.78, 5) is 0. The second kappa shape index (κ2) is 4.16. The van der Waals surface area contributed by atoms with Crippen LogP contribution in [0.2, 0.25) is 0 Å². The van der Waals surface area contributed by atoms with E-state index in [1.54, 1.807) is 36.4 Å². The molecule has 1 nitrogen and oxygen atoms in total. The molecule has 0 N–H and O–H groups in total. The Morgan fingerprint density at radius 2 is 1.81 bits per heavy atom. The van der Waals surface area contributed by atoms with Gasteiger partial charge in [-0.2, -0.15) is 5.26 Å². The Balaban J connectivity index is 2.68. The number of rotatable bonds is 1. The molecule has 0 unspecified atom stereocenters. The van der Waals surface area contributed by atoms with E-state index in [0.29, 0.717) is 16.7 Å². The molecule has 0 spiro atoms. The van der Waals surface area contributed by atoms with Gasteiger partial charge >= 0.3 is 0 Å². The lowest BCUT2D eigenvalue weighted by Crippen LogP contribution is -1.89. The van der Waals surface area contributed by atoms with Crippen molar-refractivity contribution in [3.05, 3.63) is 59.4 Å². The molecular weight excluding hydrogens is 201 g/mol. The third-order valence-electron chi connectivity index (χ3n) is 2.46. The number of hydrogen-bond acceptors (Lipinski definition) is 1. The molecule has 0 amide bonds. The molecule has 0 heterocycles. The van der Waals surface area contributed by atoms with Crippen molar-refractivity contribution in [1.29, 1.82) is 5.26 Å². The van der Waals surface area contributed by atoms with Crippen LogP contribution in [0, 0.1) is 24.1 Å². The van der Waals surface area contributed by atoms with E-state index >= 15 is 0 Å². The van der Waals surface area contributed by atoms with Gasteiger partial charge < -0.3 is 0 Å². The summed E-state index contributed by atoms with van der Waals surface area (Å²) >= 11 is 0. The highest BCUT2D eigenvalue weighted by Crippen LogP contribution is 2.26. The first-order valence-electron chi connectivity index (χ1n) is 4.98. The van der Waals surface area contributed by atoms with Crippen molar-refractivity contribution in [3.63, 3.8) is 0 Å².